The molecule has 1 aliphatic heterocycles. The summed E-state index contributed by atoms with van der Waals surface area (Å²) in [5.41, 5.74) is -0.472. The van der Waals surface area contributed by atoms with Crippen molar-refractivity contribution in [2.24, 2.45) is 0 Å². The van der Waals surface area contributed by atoms with Crippen LogP contribution in [0.15, 0.2) is 23.1 Å². The van der Waals surface area contributed by atoms with Crippen molar-refractivity contribution in [1.29, 1.82) is 0 Å². The second kappa shape index (κ2) is 5.96. The molecule has 1 aromatic rings. The van der Waals surface area contributed by atoms with E-state index in [9.17, 15) is 18.5 Å². The zero-order valence-corrected chi connectivity index (χ0v) is 12.6. The molecule has 0 unspecified atom stereocenters. The van der Waals surface area contributed by atoms with E-state index in [0.29, 0.717) is 6.54 Å². The summed E-state index contributed by atoms with van der Waals surface area (Å²) < 4.78 is 31.4. The number of sulfonamides is 1. The third-order valence-corrected chi connectivity index (χ3v) is 5.22. The van der Waals surface area contributed by atoms with Crippen LogP contribution in [-0.4, -0.2) is 50.4 Å². The van der Waals surface area contributed by atoms with Crippen LogP contribution in [-0.2, 0) is 10.0 Å². The number of methoxy groups -OCH3 is 1. The number of nitro benzene ring substituents is 1. The molecule has 0 radical (unpaired) electrons. The summed E-state index contributed by atoms with van der Waals surface area (Å²) in [7, 11) is -2.53. The Kier molecular flexibility index (Phi) is 4.45. The van der Waals surface area contributed by atoms with Crippen LogP contribution in [0.4, 0.5) is 5.69 Å². The van der Waals surface area contributed by atoms with Crippen molar-refractivity contribution in [2.75, 3.05) is 26.7 Å². The predicted octanol–water partition coefficient (Wildman–Crippen LogP) is 0.586. The zero-order chi connectivity index (χ0) is 15.6. The van der Waals surface area contributed by atoms with E-state index in [4.69, 9.17) is 4.74 Å². The van der Waals surface area contributed by atoms with Crippen LogP contribution < -0.4 is 10.1 Å². The molecule has 0 aliphatic carbocycles. The molecule has 2 rings (SSSR count). The molecule has 0 aromatic heterocycles. The van der Waals surface area contributed by atoms with Gasteiger partial charge in [0.1, 0.15) is 5.75 Å². The van der Waals surface area contributed by atoms with Crippen molar-refractivity contribution in [2.45, 2.75) is 17.9 Å². The maximum atomic E-state index is 12.6. The first-order valence-electron chi connectivity index (χ1n) is 6.42. The lowest BCUT2D eigenvalue weighted by Gasteiger charge is -2.30. The molecule has 1 aliphatic rings. The summed E-state index contributed by atoms with van der Waals surface area (Å²) in [6.07, 6.45) is 0. The first-order chi connectivity index (χ1) is 9.86. The van der Waals surface area contributed by atoms with Gasteiger partial charge in [0, 0.05) is 25.7 Å². The Balaban J connectivity index is 2.46. The van der Waals surface area contributed by atoms with Gasteiger partial charge in [-0.05, 0) is 19.1 Å². The molecule has 0 bridgehead atoms. The standard InChI is InChI=1S/C12H17N3O5S/c1-9-8-14(6-5-13-9)21(18,19)12-4-3-10(20-2)7-11(12)15(16)17/h3-4,7,9,13H,5-6,8H2,1-2H3/t9-/m1/s1. The quantitative estimate of drug-likeness (QED) is 0.644. The average Bonchev–Trinajstić information content (AvgIpc) is 2.46. The van der Waals surface area contributed by atoms with Crippen LogP contribution >= 0.6 is 0 Å². The Morgan fingerprint density at radius 2 is 2.19 bits per heavy atom. The smallest absolute Gasteiger partial charge is 0.293 e. The molecule has 1 N–H and O–H groups in total. The van der Waals surface area contributed by atoms with Crippen LogP contribution in [0.3, 0.4) is 0 Å². The minimum absolute atomic E-state index is 0.00540. The highest BCUT2D eigenvalue weighted by Gasteiger charge is 2.34. The summed E-state index contributed by atoms with van der Waals surface area (Å²) in [5.74, 6) is 0.245. The van der Waals surface area contributed by atoms with Gasteiger partial charge in [-0.2, -0.15) is 4.31 Å². The predicted molar refractivity (Wildman–Crippen MR) is 75.9 cm³/mol. The second-order valence-electron chi connectivity index (χ2n) is 4.81. The van der Waals surface area contributed by atoms with Crippen molar-refractivity contribution in [3.63, 3.8) is 0 Å². The van der Waals surface area contributed by atoms with Gasteiger partial charge in [-0.25, -0.2) is 8.42 Å². The fourth-order valence-electron chi connectivity index (χ4n) is 2.24. The Morgan fingerprint density at radius 1 is 1.48 bits per heavy atom. The lowest BCUT2D eigenvalue weighted by atomic mass is 10.3. The van der Waals surface area contributed by atoms with Crippen LogP contribution in [0.1, 0.15) is 6.92 Å². The fraction of sp³-hybridized carbons (Fsp3) is 0.500. The SMILES string of the molecule is COc1ccc(S(=O)(=O)N2CCN[C@H](C)C2)c([N+](=O)[O-])c1. The molecule has 1 aromatic carbocycles. The number of hydrogen-bond donors (Lipinski definition) is 1. The van der Waals surface area contributed by atoms with Gasteiger partial charge in [-0.3, -0.25) is 10.1 Å². The largest absolute Gasteiger partial charge is 0.497 e. The minimum Gasteiger partial charge on any atom is -0.497 e. The summed E-state index contributed by atoms with van der Waals surface area (Å²) in [6.45, 7) is 2.95. The van der Waals surface area contributed by atoms with Gasteiger partial charge < -0.3 is 10.1 Å². The highest BCUT2D eigenvalue weighted by molar-refractivity contribution is 7.89. The normalized spacial score (nSPS) is 20.2. The van der Waals surface area contributed by atoms with Crippen molar-refractivity contribution >= 4 is 15.7 Å². The Labute approximate surface area is 122 Å². The van der Waals surface area contributed by atoms with E-state index in [1.165, 1.54) is 23.5 Å². The molecule has 8 nitrogen and oxygen atoms in total. The third kappa shape index (κ3) is 3.14. The van der Waals surface area contributed by atoms with E-state index in [0.717, 1.165) is 6.07 Å². The monoisotopic (exact) mass is 315 g/mol. The van der Waals surface area contributed by atoms with Crippen LogP contribution in [0.2, 0.25) is 0 Å². The van der Waals surface area contributed by atoms with Crippen LogP contribution in [0, 0.1) is 10.1 Å². The molecule has 0 saturated carbocycles. The van der Waals surface area contributed by atoms with E-state index in [1.54, 1.807) is 0 Å². The number of nitrogens with one attached hydrogen (secondary N) is 1. The first kappa shape index (κ1) is 15.7. The van der Waals surface area contributed by atoms with E-state index in [1.807, 2.05) is 6.92 Å². The van der Waals surface area contributed by atoms with Crippen molar-refractivity contribution in [3.8, 4) is 5.75 Å². The molecule has 116 valence electrons. The summed E-state index contributed by atoms with van der Waals surface area (Å²) in [4.78, 5) is 10.1. The number of rotatable bonds is 4. The summed E-state index contributed by atoms with van der Waals surface area (Å²) >= 11 is 0. The average molecular weight is 315 g/mol. The Hall–Kier alpha value is -1.71. The third-order valence-electron chi connectivity index (χ3n) is 3.31. The molecule has 0 amide bonds. The van der Waals surface area contributed by atoms with Gasteiger partial charge in [-0.15, -0.1) is 0 Å². The number of benzene rings is 1. The highest BCUT2D eigenvalue weighted by Crippen LogP contribution is 2.30. The summed E-state index contributed by atoms with van der Waals surface area (Å²) in [6, 6.07) is 3.76. The second-order valence-corrected chi connectivity index (χ2v) is 6.72. The van der Waals surface area contributed by atoms with Crippen LogP contribution in [0.25, 0.3) is 0 Å². The molecule has 1 saturated heterocycles. The Bertz CT molecular complexity index is 646. The van der Waals surface area contributed by atoms with Crippen molar-refractivity contribution < 1.29 is 18.1 Å². The highest BCUT2D eigenvalue weighted by atomic mass is 32.2. The summed E-state index contributed by atoms with van der Waals surface area (Å²) in [5, 5.41) is 14.3. The number of hydrogen-bond acceptors (Lipinski definition) is 6. The van der Waals surface area contributed by atoms with Crippen molar-refractivity contribution in [1.82, 2.24) is 9.62 Å². The molecule has 21 heavy (non-hydrogen) atoms. The van der Waals surface area contributed by atoms with E-state index in [2.05, 4.69) is 5.32 Å². The van der Waals surface area contributed by atoms with Gasteiger partial charge in [0.25, 0.3) is 5.69 Å². The molecular formula is C12H17N3O5S. The fourth-order valence-corrected chi connectivity index (χ4v) is 3.91. The van der Waals surface area contributed by atoms with Gasteiger partial charge in [-0.1, -0.05) is 0 Å². The molecule has 9 heteroatoms. The minimum atomic E-state index is -3.90. The van der Waals surface area contributed by atoms with Gasteiger partial charge in [0.15, 0.2) is 4.90 Å². The lowest BCUT2D eigenvalue weighted by Crippen LogP contribution is -2.51. The Morgan fingerprint density at radius 3 is 2.76 bits per heavy atom. The first-order valence-corrected chi connectivity index (χ1v) is 7.86. The lowest BCUT2D eigenvalue weighted by molar-refractivity contribution is -0.387. The zero-order valence-electron chi connectivity index (χ0n) is 11.8. The van der Waals surface area contributed by atoms with E-state index < -0.39 is 20.6 Å². The van der Waals surface area contributed by atoms with Gasteiger partial charge >= 0.3 is 0 Å². The number of nitro groups is 1. The molecular weight excluding hydrogens is 298 g/mol. The molecule has 1 atom stereocenters. The van der Waals surface area contributed by atoms with E-state index in [-0.39, 0.29) is 29.8 Å². The topological polar surface area (TPSA) is 102 Å². The number of piperazine rings is 1. The number of nitrogens with zero attached hydrogens (tertiary/aromatic N) is 2. The van der Waals surface area contributed by atoms with Crippen molar-refractivity contribution in [3.05, 3.63) is 28.3 Å². The van der Waals surface area contributed by atoms with Gasteiger partial charge in [0.05, 0.1) is 18.1 Å². The van der Waals surface area contributed by atoms with Gasteiger partial charge in [0.2, 0.25) is 10.0 Å². The maximum Gasteiger partial charge on any atom is 0.293 e. The van der Waals surface area contributed by atoms with Crippen LogP contribution in [0.5, 0.6) is 5.75 Å². The molecule has 1 heterocycles. The number of ether oxygens (including phenoxy) is 1. The molecule has 1 fully saturated rings. The maximum absolute atomic E-state index is 12.6. The molecule has 0 spiro atoms. The van der Waals surface area contributed by atoms with E-state index >= 15 is 0 Å².